The van der Waals surface area contributed by atoms with Gasteiger partial charge >= 0.3 is 11.9 Å². The standard InChI is InChI=1S/C5H9NO3.C2H5NO2/c7-5(8)2-6-1-4-3-9-4;3-1-2(4)5/h4,6H,1-3H2,(H,7,8);1,3H2,(H,4,5). The number of carboxylic acid groups (broad SMARTS) is 2. The van der Waals surface area contributed by atoms with Gasteiger partial charge in [0, 0.05) is 6.54 Å². The van der Waals surface area contributed by atoms with Crippen molar-refractivity contribution in [2.24, 2.45) is 5.73 Å². The fourth-order valence-electron chi connectivity index (χ4n) is 0.526. The van der Waals surface area contributed by atoms with E-state index in [4.69, 9.17) is 14.9 Å². The third-order valence-electron chi connectivity index (χ3n) is 1.23. The number of nitrogens with one attached hydrogen (secondary N) is 1. The van der Waals surface area contributed by atoms with Crippen molar-refractivity contribution in [3.8, 4) is 0 Å². The highest BCUT2D eigenvalue weighted by atomic mass is 16.6. The monoisotopic (exact) mass is 206 g/mol. The predicted molar refractivity (Wildman–Crippen MR) is 46.9 cm³/mol. The molecule has 0 spiro atoms. The Morgan fingerprint density at radius 3 is 2.21 bits per heavy atom. The Labute approximate surface area is 80.8 Å². The lowest BCUT2D eigenvalue weighted by molar-refractivity contribution is -0.136. The number of aliphatic carboxylic acids is 2. The Kier molecular flexibility index (Phi) is 6.63. The molecule has 82 valence electrons. The van der Waals surface area contributed by atoms with E-state index in [-0.39, 0.29) is 19.2 Å². The van der Waals surface area contributed by atoms with Gasteiger partial charge < -0.3 is 26.0 Å². The third-order valence-corrected chi connectivity index (χ3v) is 1.23. The highest BCUT2D eigenvalue weighted by molar-refractivity contribution is 5.69. The van der Waals surface area contributed by atoms with E-state index >= 15 is 0 Å². The van der Waals surface area contributed by atoms with E-state index in [0.717, 1.165) is 6.61 Å². The minimum absolute atomic E-state index is 0.0276. The summed E-state index contributed by atoms with van der Waals surface area (Å²) in [6.07, 6.45) is 0.268. The number of rotatable bonds is 5. The smallest absolute Gasteiger partial charge is 0.317 e. The van der Waals surface area contributed by atoms with Crippen LogP contribution < -0.4 is 11.1 Å². The van der Waals surface area contributed by atoms with Crippen molar-refractivity contribution in [1.29, 1.82) is 0 Å². The van der Waals surface area contributed by atoms with Gasteiger partial charge in [-0.25, -0.2) is 0 Å². The molecular formula is C7H14N2O5. The van der Waals surface area contributed by atoms with Crippen molar-refractivity contribution in [1.82, 2.24) is 5.32 Å². The second-order valence-corrected chi connectivity index (χ2v) is 2.58. The van der Waals surface area contributed by atoms with Crippen LogP contribution in [0.5, 0.6) is 0 Å². The molecule has 1 atom stereocenters. The molecule has 0 aromatic heterocycles. The summed E-state index contributed by atoms with van der Waals surface area (Å²) >= 11 is 0. The molecule has 0 aliphatic carbocycles. The van der Waals surface area contributed by atoms with Gasteiger partial charge in [0.25, 0.3) is 0 Å². The van der Waals surface area contributed by atoms with Gasteiger partial charge in [-0.05, 0) is 0 Å². The van der Waals surface area contributed by atoms with Crippen LogP contribution in [-0.4, -0.2) is 54.5 Å². The first-order valence-corrected chi connectivity index (χ1v) is 4.02. The second kappa shape index (κ2) is 7.25. The number of hydrogen-bond donors (Lipinski definition) is 4. The lowest BCUT2D eigenvalue weighted by Crippen LogP contribution is -2.26. The maximum atomic E-state index is 9.90. The topological polar surface area (TPSA) is 125 Å². The first-order valence-electron chi connectivity index (χ1n) is 4.02. The summed E-state index contributed by atoms with van der Waals surface area (Å²) in [5, 5.41) is 18.5. The van der Waals surface area contributed by atoms with Crippen molar-refractivity contribution >= 4 is 11.9 Å². The molecular weight excluding hydrogens is 192 g/mol. The highest BCUT2D eigenvalue weighted by Gasteiger charge is 2.21. The molecule has 1 rings (SSSR count). The largest absolute Gasteiger partial charge is 0.480 e. The zero-order chi connectivity index (χ0) is 11.0. The van der Waals surface area contributed by atoms with E-state index in [1.807, 2.05) is 0 Å². The molecule has 0 aromatic carbocycles. The van der Waals surface area contributed by atoms with Gasteiger partial charge in [0.2, 0.25) is 0 Å². The van der Waals surface area contributed by atoms with Crippen LogP contribution >= 0.6 is 0 Å². The molecule has 1 saturated heterocycles. The van der Waals surface area contributed by atoms with E-state index < -0.39 is 11.9 Å². The Hall–Kier alpha value is -1.18. The minimum Gasteiger partial charge on any atom is -0.480 e. The zero-order valence-electron chi connectivity index (χ0n) is 7.60. The van der Waals surface area contributed by atoms with Gasteiger partial charge in [0.1, 0.15) is 0 Å². The summed E-state index contributed by atoms with van der Waals surface area (Å²) in [6.45, 7) is 1.18. The maximum absolute atomic E-state index is 9.90. The fraction of sp³-hybridized carbons (Fsp3) is 0.714. The Bertz CT molecular complexity index is 193. The Morgan fingerprint density at radius 1 is 1.43 bits per heavy atom. The van der Waals surface area contributed by atoms with Gasteiger partial charge in [0.15, 0.2) is 0 Å². The van der Waals surface area contributed by atoms with Crippen molar-refractivity contribution in [2.45, 2.75) is 6.10 Å². The maximum Gasteiger partial charge on any atom is 0.317 e. The molecule has 0 aromatic rings. The molecule has 0 radical (unpaired) electrons. The minimum atomic E-state index is -0.968. The van der Waals surface area contributed by atoms with E-state index in [0.29, 0.717) is 6.54 Å². The molecule has 5 N–H and O–H groups in total. The van der Waals surface area contributed by atoms with Crippen LogP contribution in [-0.2, 0) is 14.3 Å². The first kappa shape index (κ1) is 12.8. The van der Waals surface area contributed by atoms with Crippen LogP contribution in [0, 0.1) is 0 Å². The van der Waals surface area contributed by atoms with Crippen molar-refractivity contribution in [2.75, 3.05) is 26.2 Å². The van der Waals surface area contributed by atoms with Gasteiger partial charge in [-0.3, -0.25) is 9.59 Å². The van der Waals surface area contributed by atoms with Crippen molar-refractivity contribution < 1.29 is 24.5 Å². The molecule has 1 unspecified atom stereocenters. The highest BCUT2D eigenvalue weighted by Crippen LogP contribution is 2.05. The van der Waals surface area contributed by atoms with Crippen molar-refractivity contribution in [3.63, 3.8) is 0 Å². The third kappa shape index (κ3) is 10.8. The lowest BCUT2D eigenvalue weighted by Gasteiger charge is -1.94. The number of epoxide rings is 1. The van der Waals surface area contributed by atoms with Gasteiger partial charge in [0.05, 0.1) is 25.8 Å². The van der Waals surface area contributed by atoms with E-state index in [1.54, 1.807) is 0 Å². The Morgan fingerprint density at radius 2 is 1.93 bits per heavy atom. The number of carboxylic acids is 2. The van der Waals surface area contributed by atoms with E-state index in [9.17, 15) is 9.59 Å². The number of nitrogens with two attached hydrogens (primary N) is 1. The van der Waals surface area contributed by atoms with Gasteiger partial charge in [-0.1, -0.05) is 0 Å². The summed E-state index contributed by atoms with van der Waals surface area (Å²) in [5.74, 6) is -1.79. The van der Waals surface area contributed by atoms with Gasteiger partial charge in [-0.2, -0.15) is 0 Å². The lowest BCUT2D eigenvalue weighted by atomic mass is 10.5. The molecule has 1 heterocycles. The molecule has 0 saturated carbocycles. The first-order chi connectivity index (χ1) is 6.56. The summed E-state index contributed by atoms with van der Waals surface area (Å²) in [7, 11) is 0. The van der Waals surface area contributed by atoms with Crippen LogP contribution in [0.25, 0.3) is 0 Å². The quantitative estimate of drug-likeness (QED) is 0.387. The number of ether oxygens (including phenoxy) is 1. The molecule has 1 aliphatic rings. The van der Waals surface area contributed by atoms with Crippen molar-refractivity contribution in [3.05, 3.63) is 0 Å². The van der Waals surface area contributed by atoms with Crippen LogP contribution in [0.3, 0.4) is 0 Å². The second-order valence-electron chi connectivity index (χ2n) is 2.58. The number of carbonyl (C=O) groups is 2. The van der Waals surface area contributed by atoms with E-state index in [2.05, 4.69) is 11.1 Å². The zero-order valence-corrected chi connectivity index (χ0v) is 7.60. The average Bonchev–Trinajstić information content (AvgIpc) is 2.88. The SMILES string of the molecule is NCC(=O)O.O=C(O)CNCC1CO1. The molecule has 0 amide bonds. The molecule has 7 nitrogen and oxygen atoms in total. The summed E-state index contributed by atoms with van der Waals surface area (Å²) in [6, 6.07) is 0. The van der Waals surface area contributed by atoms with Crippen LogP contribution in [0.4, 0.5) is 0 Å². The molecule has 1 aliphatic heterocycles. The van der Waals surface area contributed by atoms with E-state index in [1.165, 1.54) is 0 Å². The van der Waals surface area contributed by atoms with Gasteiger partial charge in [-0.15, -0.1) is 0 Å². The predicted octanol–water partition coefficient (Wildman–Crippen LogP) is -1.91. The summed E-state index contributed by atoms with van der Waals surface area (Å²) in [5.41, 5.74) is 4.57. The molecule has 1 fully saturated rings. The summed E-state index contributed by atoms with van der Waals surface area (Å²) < 4.78 is 4.83. The van der Waals surface area contributed by atoms with Crippen LogP contribution in [0.15, 0.2) is 0 Å². The fourth-order valence-corrected chi connectivity index (χ4v) is 0.526. The van der Waals surface area contributed by atoms with Crippen LogP contribution in [0.2, 0.25) is 0 Å². The molecule has 14 heavy (non-hydrogen) atoms. The number of hydrogen-bond acceptors (Lipinski definition) is 5. The normalized spacial score (nSPS) is 17.9. The van der Waals surface area contributed by atoms with Crippen LogP contribution in [0.1, 0.15) is 0 Å². The Balaban J connectivity index is 0.000000292. The average molecular weight is 206 g/mol. The summed E-state index contributed by atoms with van der Waals surface area (Å²) in [4.78, 5) is 19.1. The molecule has 7 heteroatoms. The molecule has 0 bridgehead atoms.